The van der Waals surface area contributed by atoms with Crippen molar-refractivity contribution in [1.29, 1.82) is 0 Å². The standard InChI is InChI=1S/C14H26N2O2/c1-18-12-7-6-11(8-12)16-14(17)13-5-3-2-4-10(13)9-15/h10-13H,2-9,15H2,1H3,(H,16,17). The van der Waals surface area contributed by atoms with Crippen molar-refractivity contribution in [3.05, 3.63) is 0 Å². The normalized spacial score (nSPS) is 36.6. The molecule has 4 heteroatoms. The number of nitrogens with one attached hydrogen (secondary N) is 1. The first kappa shape index (κ1) is 13.8. The highest BCUT2D eigenvalue weighted by molar-refractivity contribution is 5.79. The topological polar surface area (TPSA) is 64.3 Å². The van der Waals surface area contributed by atoms with Gasteiger partial charge in [-0.05, 0) is 44.6 Å². The summed E-state index contributed by atoms with van der Waals surface area (Å²) >= 11 is 0. The van der Waals surface area contributed by atoms with Crippen LogP contribution >= 0.6 is 0 Å². The van der Waals surface area contributed by atoms with Crippen LogP contribution in [-0.4, -0.2) is 31.7 Å². The number of carbonyl (C=O) groups excluding carboxylic acids is 1. The average molecular weight is 254 g/mol. The molecular formula is C14H26N2O2. The Hall–Kier alpha value is -0.610. The maximum atomic E-state index is 12.3. The Morgan fingerprint density at radius 1 is 1.28 bits per heavy atom. The molecule has 4 unspecified atom stereocenters. The summed E-state index contributed by atoms with van der Waals surface area (Å²) in [5.74, 6) is 0.760. The van der Waals surface area contributed by atoms with Crippen molar-refractivity contribution in [2.24, 2.45) is 17.6 Å². The van der Waals surface area contributed by atoms with Gasteiger partial charge in [-0.3, -0.25) is 4.79 Å². The van der Waals surface area contributed by atoms with E-state index >= 15 is 0 Å². The van der Waals surface area contributed by atoms with Gasteiger partial charge in [-0.15, -0.1) is 0 Å². The molecule has 0 aromatic heterocycles. The highest BCUT2D eigenvalue weighted by Crippen LogP contribution is 2.30. The summed E-state index contributed by atoms with van der Waals surface area (Å²) in [4.78, 5) is 12.3. The molecule has 0 bridgehead atoms. The minimum atomic E-state index is 0.144. The van der Waals surface area contributed by atoms with Crippen molar-refractivity contribution in [3.8, 4) is 0 Å². The molecule has 0 aliphatic heterocycles. The van der Waals surface area contributed by atoms with Gasteiger partial charge in [-0.2, -0.15) is 0 Å². The maximum Gasteiger partial charge on any atom is 0.223 e. The van der Waals surface area contributed by atoms with Gasteiger partial charge < -0.3 is 15.8 Å². The van der Waals surface area contributed by atoms with Crippen molar-refractivity contribution < 1.29 is 9.53 Å². The molecule has 0 radical (unpaired) electrons. The van der Waals surface area contributed by atoms with Crippen molar-refractivity contribution in [3.63, 3.8) is 0 Å². The number of carbonyl (C=O) groups is 1. The minimum absolute atomic E-state index is 0.144. The van der Waals surface area contributed by atoms with E-state index in [9.17, 15) is 4.79 Å². The fraction of sp³-hybridized carbons (Fsp3) is 0.929. The van der Waals surface area contributed by atoms with Crippen LogP contribution in [0.1, 0.15) is 44.9 Å². The summed E-state index contributed by atoms with van der Waals surface area (Å²) in [6.07, 6.45) is 7.90. The highest BCUT2D eigenvalue weighted by atomic mass is 16.5. The smallest absolute Gasteiger partial charge is 0.223 e. The van der Waals surface area contributed by atoms with E-state index in [1.165, 1.54) is 12.8 Å². The first-order valence-electron chi connectivity index (χ1n) is 7.27. The molecule has 2 rings (SSSR count). The van der Waals surface area contributed by atoms with Gasteiger partial charge in [0, 0.05) is 19.1 Å². The lowest BCUT2D eigenvalue weighted by molar-refractivity contribution is -0.128. The van der Waals surface area contributed by atoms with Crippen LogP contribution in [0, 0.1) is 11.8 Å². The molecular weight excluding hydrogens is 228 g/mol. The van der Waals surface area contributed by atoms with E-state index in [-0.39, 0.29) is 11.8 Å². The van der Waals surface area contributed by atoms with Gasteiger partial charge in [0.15, 0.2) is 0 Å². The fourth-order valence-corrected chi connectivity index (χ4v) is 3.43. The molecule has 2 fully saturated rings. The molecule has 0 aromatic carbocycles. The van der Waals surface area contributed by atoms with E-state index in [4.69, 9.17) is 10.5 Å². The molecule has 0 saturated heterocycles. The van der Waals surface area contributed by atoms with Crippen LogP contribution in [0.15, 0.2) is 0 Å². The van der Waals surface area contributed by atoms with Gasteiger partial charge in [-0.1, -0.05) is 12.8 Å². The minimum Gasteiger partial charge on any atom is -0.381 e. The summed E-state index contributed by atoms with van der Waals surface area (Å²) < 4.78 is 5.34. The van der Waals surface area contributed by atoms with E-state index in [0.717, 1.165) is 32.1 Å². The van der Waals surface area contributed by atoms with Crippen LogP contribution in [0.5, 0.6) is 0 Å². The third-order valence-electron chi connectivity index (χ3n) is 4.61. The second kappa shape index (κ2) is 6.53. The van der Waals surface area contributed by atoms with Crippen molar-refractivity contribution in [1.82, 2.24) is 5.32 Å². The van der Waals surface area contributed by atoms with Crippen LogP contribution in [0.4, 0.5) is 0 Å². The van der Waals surface area contributed by atoms with Crippen LogP contribution in [-0.2, 0) is 9.53 Å². The van der Waals surface area contributed by atoms with Crippen LogP contribution in [0.2, 0.25) is 0 Å². The largest absolute Gasteiger partial charge is 0.381 e. The third-order valence-corrected chi connectivity index (χ3v) is 4.61. The lowest BCUT2D eigenvalue weighted by Crippen LogP contribution is -2.43. The number of methoxy groups -OCH3 is 1. The molecule has 4 atom stereocenters. The molecule has 3 N–H and O–H groups in total. The highest BCUT2D eigenvalue weighted by Gasteiger charge is 2.32. The molecule has 4 nitrogen and oxygen atoms in total. The number of hydrogen-bond acceptors (Lipinski definition) is 3. The van der Waals surface area contributed by atoms with Gasteiger partial charge in [0.25, 0.3) is 0 Å². The predicted molar refractivity (Wildman–Crippen MR) is 71.1 cm³/mol. The molecule has 0 aromatic rings. The number of ether oxygens (including phenoxy) is 1. The van der Waals surface area contributed by atoms with Crippen LogP contribution < -0.4 is 11.1 Å². The quantitative estimate of drug-likeness (QED) is 0.798. The van der Waals surface area contributed by atoms with Gasteiger partial charge in [-0.25, -0.2) is 0 Å². The second-order valence-corrected chi connectivity index (χ2v) is 5.76. The van der Waals surface area contributed by atoms with Crippen molar-refractivity contribution >= 4 is 5.91 Å². The van der Waals surface area contributed by atoms with Gasteiger partial charge in [0.1, 0.15) is 0 Å². The Balaban J connectivity index is 1.83. The summed E-state index contributed by atoms with van der Waals surface area (Å²) in [5, 5.41) is 3.20. The zero-order chi connectivity index (χ0) is 13.0. The lowest BCUT2D eigenvalue weighted by atomic mass is 9.78. The Morgan fingerprint density at radius 3 is 2.72 bits per heavy atom. The molecule has 18 heavy (non-hydrogen) atoms. The number of rotatable bonds is 4. The number of nitrogens with two attached hydrogens (primary N) is 1. The average Bonchev–Trinajstić information content (AvgIpc) is 2.86. The molecule has 2 aliphatic rings. The SMILES string of the molecule is COC1CCC(NC(=O)C2CCCCC2CN)C1. The number of amides is 1. The molecule has 0 spiro atoms. The second-order valence-electron chi connectivity index (χ2n) is 5.76. The molecule has 104 valence electrons. The van der Waals surface area contributed by atoms with Crippen LogP contribution in [0.3, 0.4) is 0 Å². The molecule has 0 heterocycles. The van der Waals surface area contributed by atoms with Gasteiger partial charge in [0.05, 0.1) is 6.10 Å². The fourth-order valence-electron chi connectivity index (χ4n) is 3.43. The van der Waals surface area contributed by atoms with E-state index in [0.29, 0.717) is 24.6 Å². The predicted octanol–water partition coefficient (Wildman–Crippen LogP) is 1.44. The van der Waals surface area contributed by atoms with E-state index in [1.807, 2.05) is 0 Å². The van der Waals surface area contributed by atoms with Crippen molar-refractivity contribution in [2.45, 2.75) is 57.1 Å². The van der Waals surface area contributed by atoms with Crippen LogP contribution in [0.25, 0.3) is 0 Å². The Bertz CT molecular complexity index is 283. The first-order valence-corrected chi connectivity index (χ1v) is 7.27. The summed E-state index contributed by atoms with van der Waals surface area (Å²) in [7, 11) is 1.75. The Kier molecular flexibility index (Phi) is 5.01. The van der Waals surface area contributed by atoms with E-state index < -0.39 is 0 Å². The zero-order valence-electron chi connectivity index (χ0n) is 11.4. The number of hydrogen-bond donors (Lipinski definition) is 2. The Labute approximate surface area is 110 Å². The molecule has 1 amide bonds. The third kappa shape index (κ3) is 3.23. The molecule has 2 aliphatic carbocycles. The monoisotopic (exact) mass is 254 g/mol. The summed E-state index contributed by atoms with van der Waals surface area (Å²) in [6.45, 7) is 0.642. The van der Waals surface area contributed by atoms with Crippen molar-refractivity contribution in [2.75, 3.05) is 13.7 Å². The van der Waals surface area contributed by atoms with E-state index in [1.54, 1.807) is 7.11 Å². The summed E-state index contributed by atoms with van der Waals surface area (Å²) in [5.41, 5.74) is 5.78. The van der Waals surface area contributed by atoms with Gasteiger partial charge in [0.2, 0.25) is 5.91 Å². The Morgan fingerprint density at radius 2 is 2.06 bits per heavy atom. The van der Waals surface area contributed by atoms with E-state index in [2.05, 4.69) is 5.32 Å². The molecule has 2 saturated carbocycles. The maximum absolute atomic E-state index is 12.3. The first-order chi connectivity index (χ1) is 8.74. The zero-order valence-corrected chi connectivity index (χ0v) is 11.4. The lowest BCUT2D eigenvalue weighted by Gasteiger charge is -2.30. The van der Waals surface area contributed by atoms with Gasteiger partial charge >= 0.3 is 0 Å². The summed E-state index contributed by atoms with van der Waals surface area (Å²) in [6, 6.07) is 0.308.